The number of hydrogen-bond acceptors (Lipinski definition) is 7. The normalized spacial score (nSPS) is 25.4. The Balaban J connectivity index is 1.41. The van der Waals surface area contributed by atoms with E-state index in [1.54, 1.807) is 0 Å². The van der Waals surface area contributed by atoms with Crippen LogP contribution in [0.25, 0.3) is 11.5 Å². The second kappa shape index (κ2) is 7.84. The molecule has 2 aliphatic rings. The van der Waals surface area contributed by atoms with E-state index in [1.807, 2.05) is 30.3 Å². The fraction of sp³-hybridized carbons (Fsp3) is 0.579. The number of aliphatic hydroxyl groups is 1. The van der Waals surface area contributed by atoms with Crippen LogP contribution in [0.5, 0.6) is 0 Å². The standard InChI is InChI=1S/C19H26N4O3/c24-19(13-22-8-4-5-9-22)14-23(10-11-25-15-19)12-17-20-21-18(26-17)16-6-2-1-3-7-16/h1-3,6-7,24H,4-5,8-15H2. The van der Waals surface area contributed by atoms with Crippen molar-refractivity contribution in [3.63, 3.8) is 0 Å². The predicted molar refractivity (Wildman–Crippen MR) is 96.5 cm³/mol. The van der Waals surface area contributed by atoms with Gasteiger partial charge in [-0.05, 0) is 38.1 Å². The van der Waals surface area contributed by atoms with Crippen LogP contribution >= 0.6 is 0 Å². The van der Waals surface area contributed by atoms with E-state index in [9.17, 15) is 5.11 Å². The predicted octanol–water partition coefficient (Wildman–Crippen LogP) is 1.40. The molecule has 7 nitrogen and oxygen atoms in total. The molecular weight excluding hydrogens is 332 g/mol. The zero-order chi connectivity index (χ0) is 17.8. The van der Waals surface area contributed by atoms with Gasteiger partial charge in [0.1, 0.15) is 5.60 Å². The van der Waals surface area contributed by atoms with E-state index in [-0.39, 0.29) is 0 Å². The molecule has 7 heteroatoms. The average molecular weight is 358 g/mol. The summed E-state index contributed by atoms with van der Waals surface area (Å²) in [5, 5.41) is 19.4. The summed E-state index contributed by atoms with van der Waals surface area (Å²) in [4.78, 5) is 4.47. The van der Waals surface area contributed by atoms with Gasteiger partial charge < -0.3 is 19.2 Å². The third kappa shape index (κ3) is 4.29. The Labute approximate surface area is 153 Å². The van der Waals surface area contributed by atoms with Crippen LogP contribution in [0.4, 0.5) is 0 Å². The molecule has 0 amide bonds. The first-order valence-electron chi connectivity index (χ1n) is 9.33. The third-order valence-electron chi connectivity index (χ3n) is 5.00. The van der Waals surface area contributed by atoms with Crippen molar-refractivity contribution in [3.8, 4) is 11.5 Å². The van der Waals surface area contributed by atoms with Crippen molar-refractivity contribution in [2.24, 2.45) is 0 Å². The molecule has 3 heterocycles. The lowest BCUT2D eigenvalue weighted by Crippen LogP contribution is -2.51. The fourth-order valence-electron chi connectivity index (χ4n) is 3.79. The zero-order valence-electron chi connectivity index (χ0n) is 15.0. The molecule has 0 bridgehead atoms. The highest BCUT2D eigenvalue weighted by atomic mass is 16.5. The lowest BCUT2D eigenvalue weighted by Gasteiger charge is -2.33. The summed E-state index contributed by atoms with van der Waals surface area (Å²) in [6, 6.07) is 9.75. The van der Waals surface area contributed by atoms with Gasteiger partial charge in [0, 0.05) is 25.2 Å². The highest BCUT2D eigenvalue weighted by Crippen LogP contribution is 2.21. The molecular formula is C19H26N4O3. The van der Waals surface area contributed by atoms with Crippen molar-refractivity contribution in [1.82, 2.24) is 20.0 Å². The highest BCUT2D eigenvalue weighted by molar-refractivity contribution is 5.51. The molecule has 140 valence electrons. The van der Waals surface area contributed by atoms with Gasteiger partial charge >= 0.3 is 0 Å². The van der Waals surface area contributed by atoms with Crippen LogP contribution < -0.4 is 0 Å². The Morgan fingerprint density at radius 3 is 2.65 bits per heavy atom. The van der Waals surface area contributed by atoms with Crippen LogP contribution in [0.1, 0.15) is 18.7 Å². The minimum absolute atomic E-state index is 0.374. The lowest BCUT2D eigenvalue weighted by atomic mass is 10.0. The van der Waals surface area contributed by atoms with Gasteiger partial charge in [0.15, 0.2) is 0 Å². The number of benzene rings is 1. The molecule has 0 spiro atoms. The van der Waals surface area contributed by atoms with Crippen molar-refractivity contribution in [3.05, 3.63) is 36.2 Å². The highest BCUT2D eigenvalue weighted by Gasteiger charge is 2.35. The second-order valence-corrected chi connectivity index (χ2v) is 7.34. The monoisotopic (exact) mass is 358 g/mol. The van der Waals surface area contributed by atoms with Crippen molar-refractivity contribution in [2.75, 3.05) is 45.9 Å². The maximum Gasteiger partial charge on any atom is 0.247 e. The summed E-state index contributed by atoms with van der Waals surface area (Å²) in [5.41, 5.74) is 0.0549. The van der Waals surface area contributed by atoms with E-state index >= 15 is 0 Å². The number of β-amino-alcohol motifs (C(OH)–C–C–N with tert-alkyl or cyclic N) is 1. The van der Waals surface area contributed by atoms with Crippen LogP contribution in [0.3, 0.4) is 0 Å². The van der Waals surface area contributed by atoms with Gasteiger partial charge in [0.25, 0.3) is 0 Å². The number of ether oxygens (including phenoxy) is 1. The Morgan fingerprint density at radius 2 is 1.85 bits per heavy atom. The number of aromatic nitrogens is 2. The van der Waals surface area contributed by atoms with Gasteiger partial charge in [-0.3, -0.25) is 4.90 Å². The van der Waals surface area contributed by atoms with Crippen LogP contribution in [0.15, 0.2) is 34.7 Å². The first-order chi connectivity index (χ1) is 12.7. The minimum Gasteiger partial charge on any atom is -0.419 e. The minimum atomic E-state index is -0.858. The second-order valence-electron chi connectivity index (χ2n) is 7.34. The number of hydrogen-bond donors (Lipinski definition) is 1. The Morgan fingerprint density at radius 1 is 1.04 bits per heavy atom. The van der Waals surface area contributed by atoms with Crippen molar-refractivity contribution in [1.29, 1.82) is 0 Å². The van der Waals surface area contributed by atoms with Crippen molar-refractivity contribution >= 4 is 0 Å². The van der Waals surface area contributed by atoms with Crippen molar-refractivity contribution in [2.45, 2.75) is 25.0 Å². The number of likely N-dealkylation sites (tertiary alicyclic amines) is 1. The van der Waals surface area contributed by atoms with E-state index in [0.29, 0.717) is 44.6 Å². The summed E-state index contributed by atoms with van der Waals surface area (Å²) in [7, 11) is 0. The molecule has 1 aromatic carbocycles. The van der Waals surface area contributed by atoms with Gasteiger partial charge in [-0.25, -0.2) is 0 Å². The first-order valence-corrected chi connectivity index (χ1v) is 9.33. The Hall–Kier alpha value is -1.80. The van der Waals surface area contributed by atoms with Crippen LogP contribution in [-0.4, -0.2) is 76.6 Å². The molecule has 1 unspecified atom stereocenters. The van der Waals surface area contributed by atoms with Crippen LogP contribution in [0, 0.1) is 0 Å². The van der Waals surface area contributed by atoms with Gasteiger partial charge in [-0.15, -0.1) is 10.2 Å². The molecule has 0 saturated carbocycles. The van der Waals surface area contributed by atoms with E-state index in [2.05, 4.69) is 20.0 Å². The number of nitrogens with zero attached hydrogens (tertiary/aromatic N) is 4. The summed E-state index contributed by atoms with van der Waals surface area (Å²) >= 11 is 0. The van der Waals surface area contributed by atoms with Gasteiger partial charge in [-0.1, -0.05) is 18.2 Å². The van der Waals surface area contributed by atoms with Crippen LogP contribution in [0.2, 0.25) is 0 Å². The molecule has 0 radical (unpaired) electrons. The maximum atomic E-state index is 11.1. The Bertz CT molecular complexity index is 702. The lowest BCUT2D eigenvalue weighted by molar-refractivity contribution is -0.0552. The van der Waals surface area contributed by atoms with E-state index in [0.717, 1.165) is 25.2 Å². The van der Waals surface area contributed by atoms with Crippen LogP contribution in [-0.2, 0) is 11.3 Å². The summed E-state index contributed by atoms with van der Waals surface area (Å²) < 4.78 is 11.5. The van der Waals surface area contributed by atoms with E-state index < -0.39 is 5.60 Å². The summed E-state index contributed by atoms with van der Waals surface area (Å²) in [6.07, 6.45) is 2.43. The first kappa shape index (κ1) is 17.6. The topological polar surface area (TPSA) is 74.9 Å². The van der Waals surface area contributed by atoms with Gasteiger partial charge in [-0.2, -0.15) is 0 Å². The smallest absolute Gasteiger partial charge is 0.247 e. The average Bonchev–Trinajstić information content (AvgIpc) is 3.28. The maximum absolute atomic E-state index is 11.1. The molecule has 2 aliphatic heterocycles. The number of rotatable bonds is 5. The van der Waals surface area contributed by atoms with Gasteiger partial charge in [0.05, 0.1) is 19.8 Å². The molecule has 4 rings (SSSR count). The molecule has 1 N–H and O–H groups in total. The summed E-state index contributed by atoms with van der Waals surface area (Å²) in [6.45, 7) is 5.56. The summed E-state index contributed by atoms with van der Waals surface area (Å²) in [5.74, 6) is 1.09. The SMILES string of the molecule is OC1(CN2CCCC2)COCCN(Cc2nnc(-c3ccccc3)o2)C1. The molecule has 2 saturated heterocycles. The van der Waals surface area contributed by atoms with Gasteiger partial charge in [0.2, 0.25) is 11.8 Å². The Kier molecular flexibility index (Phi) is 5.31. The molecule has 1 atom stereocenters. The van der Waals surface area contributed by atoms with E-state index in [1.165, 1.54) is 12.8 Å². The quantitative estimate of drug-likeness (QED) is 0.866. The fourth-order valence-corrected chi connectivity index (χ4v) is 3.79. The largest absolute Gasteiger partial charge is 0.419 e. The molecule has 2 aromatic rings. The zero-order valence-corrected chi connectivity index (χ0v) is 15.0. The molecule has 1 aromatic heterocycles. The third-order valence-corrected chi connectivity index (χ3v) is 5.00. The van der Waals surface area contributed by atoms with E-state index in [4.69, 9.17) is 9.15 Å². The molecule has 2 fully saturated rings. The van der Waals surface area contributed by atoms with Crippen molar-refractivity contribution < 1.29 is 14.3 Å². The molecule has 0 aliphatic carbocycles. The molecule has 26 heavy (non-hydrogen) atoms.